The highest BCUT2D eigenvalue weighted by Gasteiger charge is 2.13. The fourth-order valence-electron chi connectivity index (χ4n) is 3.67. The lowest BCUT2D eigenvalue weighted by Gasteiger charge is -2.17. The molecule has 0 amide bonds. The summed E-state index contributed by atoms with van der Waals surface area (Å²) in [5.74, 6) is 1.46. The highest BCUT2D eigenvalue weighted by Crippen LogP contribution is 2.29. The van der Waals surface area contributed by atoms with Crippen molar-refractivity contribution in [1.82, 2.24) is 0 Å². The zero-order chi connectivity index (χ0) is 25.0. The molecule has 1 aromatic heterocycles. The summed E-state index contributed by atoms with van der Waals surface area (Å²) in [6.07, 6.45) is 0. The Hall–Kier alpha value is -3.43. The van der Waals surface area contributed by atoms with Crippen LogP contribution in [0.1, 0.15) is 0 Å². The van der Waals surface area contributed by atoms with Crippen molar-refractivity contribution >= 4 is 39.0 Å². The summed E-state index contributed by atoms with van der Waals surface area (Å²) >= 11 is 6.45. The summed E-state index contributed by atoms with van der Waals surface area (Å²) in [5.41, 5.74) is 2.61. The van der Waals surface area contributed by atoms with E-state index in [4.69, 9.17) is 39.4 Å². The maximum absolute atomic E-state index is 8.49. The molecule has 0 aliphatic heterocycles. The Balaban J connectivity index is 0.000000527. The van der Waals surface area contributed by atoms with Crippen LogP contribution in [0.4, 0.5) is 5.69 Å². The molecule has 0 bridgehead atoms. The van der Waals surface area contributed by atoms with Crippen molar-refractivity contribution < 1.29 is 43.0 Å². The smallest absolute Gasteiger partial charge is 0.219 e. The van der Waals surface area contributed by atoms with Gasteiger partial charge in [0, 0.05) is 11.6 Å². The molecular weight excluding hydrogens is 493 g/mol. The molecule has 1 heterocycles. The van der Waals surface area contributed by atoms with Crippen molar-refractivity contribution in [3.05, 3.63) is 101 Å². The number of hydrogen-bond donors (Lipinski definition) is 1. The lowest BCUT2D eigenvalue weighted by Crippen LogP contribution is -2.70. The van der Waals surface area contributed by atoms with Gasteiger partial charge < -0.3 is 9.15 Å². The Bertz CT molecular complexity index is 1550. The normalized spacial score (nSPS) is 11.9. The topological polar surface area (TPSA) is 129 Å². The third-order valence-corrected chi connectivity index (χ3v) is 5.50. The predicted molar refractivity (Wildman–Crippen MR) is 121 cm³/mol. The van der Waals surface area contributed by atoms with Crippen molar-refractivity contribution in [3.8, 4) is 17.1 Å². The standard InChI is InChI=1S/C26H18ClNO2.ClHO4/c1-29-18-13-14-25-21(15-18)24(16-26(30-25)20-10-4-5-11-22(20)27)28-23-12-6-8-17-7-2-3-9-19(17)23;2-1(3,4)5/h2-16H,1H3;(H,2,3,4,5). The molecule has 0 aliphatic carbocycles. The monoisotopic (exact) mass is 511 g/mol. The molecule has 0 unspecified atom stereocenters. The van der Waals surface area contributed by atoms with Crippen LogP contribution in [0.3, 0.4) is 0 Å². The van der Waals surface area contributed by atoms with Gasteiger partial charge in [0.25, 0.3) is 0 Å². The van der Waals surface area contributed by atoms with Crippen LogP contribution in [-0.2, 0) is 0 Å². The van der Waals surface area contributed by atoms with E-state index in [9.17, 15) is 0 Å². The molecule has 4 aromatic carbocycles. The van der Waals surface area contributed by atoms with E-state index in [1.54, 1.807) is 7.11 Å². The molecule has 9 heteroatoms. The Morgan fingerprint density at radius 1 is 0.800 bits per heavy atom. The molecule has 7 nitrogen and oxygen atoms in total. The van der Waals surface area contributed by atoms with E-state index in [1.807, 2.05) is 60.7 Å². The van der Waals surface area contributed by atoms with Crippen molar-refractivity contribution in [2.45, 2.75) is 0 Å². The van der Waals surface area contributed by atoms with Gasteiger partial charge in [0.15, 0.2) is 0 Å². The van der Waals surface area contributed by atoms with Gasteiger partial charge in [-0.1, -0.05) is 54.1 Å². The predicted octanol–water partition coefficient (Wildman–Crippen LogP) is 0.472. The number of hydrogen-bond acceptors (Lipinski definition) is 6. The second-order valence-corrected chi connectivity index (χ2v) is 8.56. The lowest BCUT2D eigenvalue weighted by molar-refractivity contribution is -2.00. The summed E-state index contributed by atoms with van der Waals surface area (Å²) in [5, 5.41) is 4.82. The minimum absolute atomic E-state index is 0.644. The first-order valence-corrected chi connectivity index (χ1v) is 11.9. The van der Waals surface area contributed by atoms with Crippen LogP contribution in [0.2, 0.25) is 5.02 Å². The van der Waals surface area contributed by atoms with E-state index < -0.39 is 10.2 Å². The fourth-order valence-corrected chi connectivity index (χ4v) is 3.90. The van der Waals surface area contributed by atoms with Gasteiger partial charge in [-0.25, -0.2) is 23.6 Å². The zero-order valence-electron chi connectivity index (χ0n) is 18.4. The third-order valence-electron chi connectivity index (χ3n) is 5.17. The Kier molecular flexibility index (Phi) is 7.37. The number of benzene rings is 4. The Labute approximate surface area is 207 Å². The first-order valence-electron chi connectivity index (χ1n) is 10.3. The molecule has 0 saturated heterocycles. The van der Waals surface area contributed by atoms with Gasteiger partial charge in [-0.05, 0) is 41.8 Å². The molecule has 0 spiro atoms. The van der Waals surface area contributed by atoms with Crippen molar-refractivity contribution in [3.63, 3.8) is 0 Å². The first-order chi connectivity index (χ1) is 16.7. The maximum atomic E-state index is 8.49. The van der Waals surface area contributed by atoms with E-state index in [0.717, 1.165) is 38.7 Å². The molecule has 0 fully saturated rings. The van der Waals surface area contributed by atoms with E-state index in [1.165, 1.54) is 5.39 Å². The molecule has 35 heavy (non-hydrogen) atoms. The van der Waals surface area contributed by atoms with Crippen LogP contribution in [0.15, 0.2) is 95.4 Å². The average molecular weight is 512 g/mol. The van der Waals surface area contributed by atoms with Crippen LogP contribution < -0.4 is 33.7 Å². The summed E-state index contributed by atoms with van der Waals surface area (Å²) in [7, 11) is -3.28. The van der Waals surface area contributed by atoms with Crippen LogP contribution in [0.25, 0.3) is 33.1 Å². The number of halogens is 2. The SMILES string of the molecule is COc1ccc2oc(-c3ccccc3Cl)cc(=[NH+]c3cccc4ccccc34)c2c1.[O-][Cl+3]([O-])([O-])[O-]. The minimum Gasteiger partial charge on any atom is -0.497 e. The minimum atomic E-state index is -4.94. The van der Waals surface area contributed by atoms with Gasteiger partial charge in [-0.2, -0.15) is 0 Å². The number of nitrogens with one attached hydrogen (secondary N) is 1. The molecule has 1 N–H and O–H groups in total. The zero-order valence-corrected chi connectivity index (χ0v) is 19.9. The first kappa shape index (κ1) is 24.7. The molecule has 178 valence electrons. The lowest BCUT2D eigenvalue weighted by atomic mass is 10.1. The van der Waals surface area contributed by atoms with E-state index in [2.05, 4.69) is 35.3 Å². The number of fused-ring (bicyclic) bond motifs is 2. The highest BCUT2D eigenvalue weighted by molar-refractivity contribution is 6.33. The van der Waals surface area contributed by atoms with Crippen molar-refractivity contribution in [2.24, 2.45) is 0 Å². The van der Waals surface area contributed by atoms with Gasteiger partial charge in [-0.3, -0.25) is 0 Å². The summed E-state index contributed by atoms with van der Waals surface area (Å²) in [6, 6.07) is 30.0. The second-order valence-electron chi connectivity index (χ2n) is 7.40. The summed E-state index contributed by atoms with van der Waals surface area (Å²) in [4.78, 5) is 3.61. The van der Waals surface area contributed by atoms with Gasteiger partial charge in [0.1, 0.15) is 17.1 Å². The summed E-state index contributed by atoms with van der Waals surface area (Å²) < 4.78 is 45.6. The quantitative estimate of drug-likeness (QED) is 0.375. The van der Waals surface area contributed by atoms with E-state index >= 15 is 0 Å². The van der Waals surface area contributed by atoms with Crippen molar-refractivity contribution in [2.75, 3.05) is 7.11 Å². The van der Waals surface area contributed by atoms with Crippen LogP contribution in [-0.4, -0.2) is 7.11 Å². The summed E-state index contributed by atoms with van der Waals surface area (Å²) in [6.45, 7) is 0. The molecule has 0 atom stereocenters. The number of methoxy groups -OCH3 is 1. The van der Waals surface area contributed by atoms with Gasteiger partial charge in [-0.15, -0.1) is 10.2 Å². The highest BCUT2D eigenvalue weighted by atomic mass is 35.7. The van der Waals surface area contributed by atoms with Gasteiger partial charge >= 0.3 is 0 Å². The second kappa shape index (κ2) is 10.5. The van der Waals surface area contributed by atoms with Crippen LogP contribution in [0, 0.1) is 10.2 Å². The third kappa shape index (κ3) is 6.17. The Morgan fingerprint density at radius 2 is 1.49 bits per heavy atom. The molecule has 0 radical (unpaired) electrons. The number of rotatable bonds is 3. The molecule has 0 saturated carbocycles. The van der Waals surface area contributed by atoms with E-state index in [-0.39, 0.29) is 0 Å². The molecule has 5 aromatic rings. The maximum Gasteiger partial charge on any atom is 0.219 e. The molecule has 5 rings (SSSR count). The van der Waals surface area contributed by atoms with Gasteiger partial charge in [0.2, 0.25) is 11.0 Å². The average Bonchev–Trinajstić information content (AvgIpc) is 2.83. The van der Waals surface area contributed by atoms with Gasteiger partial charge in [0.05, 0.1) is 29.0 Å². The molecular formula is C26H19Cl2NO6. The fraction of sp³-hybridized carbons (Fsp3) is 0.0385. The van der Waals surface area contributed by atoms with E-state index in [0.29, 0.717) is 10.8 Å². The Morgan fingerprint density at radius 3 is 2.23 bits per heavy atom. The largest absolute Gasteiger partial charge is 0.497 e. The number of ether oxygens (including phenoxy) is 1. The van der Waals surface area contributed by atoms with Crippen LogP contribution >= 0.6 is 11.6 Å². The van der Waals surface area contributed by atoms with Crippen molar-refractivity contribution in [1.29, 1.82) is 0 Å². The molecule has 0 aliphatic rings. The van der Waals surface area contributed by atoms with Crippen LogP contribution in [0.5, 0.6) is 5.75 Å².